The van der Waals surface area contributed by atoms with Gasteiger partial charge in [-0.2, -0.15) is 8.78 Å². The Labute approximate surface area is 108 Å². The monoisotopic (exact) mass is 250 g/mol. The molecule has 0 saturated carbocycles. The standard InChI is InChI=1S/C16H20F2/c1-4-6-15(16(17,18)11-5-2)12-14-9-7-13(3)8-10-14/h7-10,15H,4,6,12H2,1-3H3. The van der Waals surface area contributed by atoms with Crippen molar-refractivity contribution in [2.45, 2.75) is 46.0 Å². The van der Waals surface area contributed by atoms with Crippen LogP contribution in [-0.2, 0) is 6.42 Å². The van der Waals surface area contributed by atoms with Crippen molar-refractivity contribution >= 4 is 0 Å². The molecule has 18 heavy (non-hydrogen) atoms. The number of hydrogen-bond donors (Lipinski definition) is 0. The molecule has 0 saturated heterocycles. The summed E-state index contributed by atoms with van der Waals surface area (Å²) in [4.78, 5) is 0. The third kappa shape index (κ3) is 4.14. The molecule has 1 aromatic rings. The SMILES string of the molecule is CC#CC(F)(F)C(CCC)Cc1ccc(C)cc1. The molecule has 2 heteroatoms. The quantitative estimate of drug-likeness (QED) is 0.669. The van der Waals surface area contributed by atoms with E-state index in [-0.39, 0.29) is 0 Å². The van der Waals surface area contributed by atoms with Crippen molar-refractivity contribution in [2.24, 2.45) is 5.92 Å². The summed E-state index contributed by atoms with van der Waals surface area (Å²) in [5.41, 5.74) is 2.10. The van der Waals surface area contributed by atoms with Crippen molar-refractivity contribution in [3.63, 3.8) is 0 Å². The van der Waals surface area contributed by atoms with Crippen LogP contribution in [0.4, 0.5) is 8.78 Å². The summed E-state index contributed by atoms with van der Waals surface area (Å²) in [6.45, 7) is 5.38. The lowest BCUT2D eigenvalue weighted by atomic mass is 9.89. The zero-order chi connectivity index (χ0) is 13.6. The van der Waals surface area contributed by atoms with Gasteiger partial charge in [-0.05, 0) is 38.2 Å². The predicted molar refractivity (Wildman–Crippen MR) is 71.7 cm³/mol. The van der Waals surface area contributed by atoms with E-state index in [1.165, 1.54) is 6.92 Å². The molecular formula is C16H20F2. The first-order valence-electron chi connectivity index (χ1n) is 6.37. The lowest BCUT2D eigenvalue weighted by Crippen LogP contribution is -2.28. The first-order chi connectivity index (χ1) is 8.49. The summed E-state index contributed by atoms with van der Waals surface area (Å²) >= 11 is 0. The molecule has 0 radical (unpaired) electrons. The third-order valence-electron chi connectivity index (χ3n) is 3.04. The van der Waals surface area contributed by atoms with Crippen LogP contribution in [0.25, 0.3) is 0 Å². The minimum Gasteiger partial charge on any atom is -0.192 e. The van der Waals surface area contributed by atoms with E-state index in [1.54, 1.807) is 0 Å². The third-order valence-corrected chi connectivity index (χ3v) is 3.04. The van der Waals surface area contributed by atoms with Gasteiger partial charge < -0.3 is 0 Å². The number of benzene rings is 1. The number of rotatable bonds is 5. The summed E-state index contributed by atoms with van der Waals surface area (Å²) in [5, 5.41) is 0. The zero-order valence-corrected chi connectivity index (χ0v) is 11.3. The zero-order valence-electron chi connectivity index (χ0n) is 11.3. The Morgan fingerprint density at radius 3 is 2.33 bits per heavy atom. The van der Waals surface area contributed by atoms with Crippen LogP contribution in [-0.4, -0.2) is 5.92 Å². The van der Waals surface area contributed by atoms with Gasteiger partial charge in [-0.1, -0.05) is 43.2 Å². The largest absolute Gasteiger partial charge is 0.311 e. The van der Waals surface area contributed by atoms with Crippen LogP contribution in [0.1, 0.15) is 37.8 Å². The predicted octanol–water partition coefficient (Wildman–Crippen LogP) is 4.61. The maximum absolute atomic E-state index is 13.9. The van der Waals surface area contributed by atoms with E-state index in [2.05, 4.69) is 11.8 Å². The Morgan fingerprint density at radius 1 is 1.22 bits per heavy atom. The van der Waals surface area contributed by atoms with Gasteiger partial charge in [-0.3, -0.25) is 0 Å². The molecule has 0 spiro atoms. The molecule has 1 aromatic carbocycles. The Bertz CT molecular complexity index is 421. The van der Waals surface area contributed by atoms with Crippen LogP contribution in [0.3, 0.4) is 0 Å². The lowest BCUT2D eigenvalue weighted by Gasteiger charge is -2.22. The minimum absolute atomic E-state index is 0.385. The maximum Gasteiger partial charge on any atom is 0.311 e. The fourth-order valence-corrected chi connectivity index (χ4v) is 2.04. The maximum atomic E-state index is 13.9. The Hall–Kier alpha value is -1.36. The highest BCUT2D eigenvalue weighted by Gasteiger charge is 2.36. The molecule has 1 atom stereocenters. The van der Waals surface area contributed by atoms with Gasteiger partial charge in [0, 0.05) is 5.92 Å². The van der Waals surface area contributed by atoms with E-state index in [0.29, 0.717) is 12.8 Å². The summed E-state index contributed by atoms with van der Waals surface area (Å²) in [7, 11) is 0. The molecule has 0 aliphatic rings. The van der Waals surface area contributed by atoms with Crippen LogP contribution in [0.2, 0.25) is 0 Å². The number of hydrogen-bond acceptors (Lipinski definition) is 0. The molecule has 0 heterocycles. The molecule has 0 N–H and O–H groups in total. The van der Waals surface area contributed by atoms with Crippen molar-refractivity contribution < 1.29 is 8.78 Å². The topological polar surface area (TPSA) is 0 Å². The van der Waals surface area contributed by atoms with Gasteiger partial charge in [0.05, 0.1) is 0 Å². The second kappa shape index (κ2) is 6.54. The van der Waals surface area contributed by atoms with Crippen LogP contribution in [0, 0.1) is 24.7 Å². The van der Waals surface area contributed by atoms with E-state index in [1.807, 2.05) is 38.1 Å². The van der Waals surface area contributed by atoms with Crippen molar-refractivity contribution in [1.29, 1.82) is 0 Å². The summed E-state index contributed by atoms with van der Waals surface area (Å²) in [6, 6.07) is 7.77. The minimum atomic E-state index is -2.89. The first-order valence-corrected chi connectivity index (χ1v) is 6.37. The summed E-state index contributed by atoms with van der Waals surface area (Å²) < 4.78 is 27.7. The van der Waals surface area contributed by atoms with E-state index >= 15 is 0 Å². The Balaban J connectivity index is 2.85. The van der Waals surface area contributed by atoms with Gasteiger partial charge >= 0.3 is 5.92 Å². The normalized spacial score (nSPS) is 12.7. The van der Waals surface area contributed by atoms with Gasteiger partial charge in [0.2, 0.25) is 0 Å². The van der Waals surface area contributed by atoms with Gasteiger partial charge in [0.15, 0.2) is 0 Å². The van der Waals surface area contributed by atoms with E-state index in [9.17, 15) is 8.78 Å². The van der Waals surface area contributed by atoms with Crippen molar-refractivity contribution in [3.05, 3.63) is 35.4 Å². The lowest BCUT2D eigenvalue weighted by molar-refractivity contribution is -0.00289. The first kappa shape index (κ1) is 14.7. The van der Waals surface area contributed by atoms with E-state index in [0.717, 1.165) is 17.5 Å². The fraction of sp³-hybridized carbons (Fsp3) is 0.500. The van der Waals surface area contributed by atoms with Crippen molar-refractivity contribution in [3.8, 4) is 11.8 Å². The molecule has 1 unspecified atom stereocenters. The molecule has 0 fully saturated rings. The van der Waals surface area contributed by atoms with Crippen molar-refractivity contribution in [2.75, 3.05) is 0 Å². The molecule has 0 nitrogen and oxygen atoms in total. The molecule has 0 bridgehead atoms. The second-order valence-corrected chi connectivity index (χ2v) is 4.67. The van der Waals surface area contributed by atoms with Crippen LogP contribution < -0.4 is 0 Å². The van der Waals surface area contributed by atoms with Crippen molar-refractivity contribution in [1.82, 2.24) is 0 Å². The van der Waals surface area contributed by atoms with Crippen LogP contribution in [0.5, 0.6) is 0 Å². The summed E-state index contributed by atoms with van der Waals surface area (Å²) in [6.07, 6.45) is 1.63. The van der Waals surface area contributed by atoms with E-state index in [4.69, 9.17) is 0 Å². The summed E-state index contributed by atoms with van der Waals surface area (Å²) in [5.74, 6) is 0.807. The van der Waals surface area contributed by atoms with Gasteiger partial charge in [-0.25, -0.2) is 0 Å². The average molecular weight is 250 g/mol. The van der Waals surface area contributed by atoms with Crippen LogP contribution >= 0.6 is 0 Å². The fourth-order valence-electron chi connectivity index (χ4n) is 2.04. The van der Waals surface area contributed by atoms with Gasteiger partial charge in [0.1, 0.15) is 0 Å². The molecular weight excluding hydrogens is 230 g/mol. The molecule has 0 aromatic heterocycles. The molecule has 0 amide bonds. The highest BCUT2D eigenvalue weighted by molar-refractivity contribution is 5.23. The van der Waals surface area contributed by atoms with Crippen LogP contribution in [0.15, 0.2) is 24.3 Å². The molecule has 1 rings (SSSR count). The highest BCUT2D eigenvalue weighted by Crippen LogP contribution is 2.31. The second-order valence-electron chi connectivity index (χ2n) is 4.67. The van der Waals surface area contributed by atoms with Gasteiger partial charge in [-0.15, -0.1) is 5.92 Å². The Morgan fingerprint density at radius 2 is 1.83 bits per heavy atom. The Kier molecular flexibility index (Phi) is 5.34. The number of aryl methyl sites for hydroxylation is 1. The molecule has 98 valence electrons. The number of alkyl halides is 2. The van der Waals surface area contributed by atoms with E-state index < -0.39 is 11.8 Å². The number of halogens is 2. The van der Waals surface area contributed by atoms with Gasteiger partial charge in [0.25, 0.3) is 0 Å². The molecule has 0 aliphatic carbocycles. The average Bonchev–Trinajstić information content (AvgIpc) is 2.31. The smallest absolute Gasteiger partial charge is 0.192 e. The molecule has 0 aliphatic heterocycles. The highest BCUT2D eigenvalue weighted by atomic mass is 19.3.